The molecule has 0 aromatic heterocycles. The largest absolute Gasteiger partial charge is 0.320 e. The normalized spacial score (nSPS) is 14.6. The van der Waals surface area contributed by atoms with Gasteiger partial charge in [0.25, 0.3) is 0 Å². The molecule has 1 saturated carbocycles. The number of aryl methyl sites for hydroxylation is 1. The maximum absolute atomic E-state index is 12.0. The van der Waals surface area contributed by atoms with Crippen LogP contribution in [-0.2, 0) is 10.0 Å². The number of nitrogens with two attached hydrogens (primary N) is 1. The first kappa shape index (κ1) is 13.9. The van der Waals surface area contributed by atoms with Crippen LogP contribution in [0.4, 0.5) is 5.69 Å². The van der Waals surface area contributed by atoms with Crippen LogP contribution in [0, 0.1) is 24.7 Å². The van der Waals surface area contributed by atoms with Crippen LogP contribution in [0.5, 0.6) is 0 Å². The van der Waals surface area contributed by atoms with Crippen molar-refractivity contribution in [2.45, 2.75) is 19.8 Å². The average molecular weight is 278 g/mol. The van der Waals surface area contributed by atoms with Crippen LogP contribution in [0.2, 0.25) is 0 Å². The number of nitrogens with one attached hydrogen (secondary N) is 1. The van der Waals surface area contributed by atoms with E-state index in [4.69, 9.17) is 5.73 Å². The second-order valence-electron chi connectivity index (χ2n) is 4.88. The summed E-state index contributed by atoms with van der Waals surface area (Å²) in [5, 5.41) is 0. The minimum absolute atomic E-state index is 0.199. The van der Waals surface area contributed by atoms with Gasteiger partial charge in [-0.2, -0.15) is 0 Å². The zero-order valence-corrected chi connectivity index (χ0v) is 11.8. The highest BCUT2D eigenvalue weighted by molar-refractivity contribution is 7.92. The summed E-state index contributed by atoms with van der Waals surface area (Å²) in [7, 11) is -3.28. The fourth-order valence-electron chi connectivity index (χ4n) is 1.80. The summed E-state index contributed by atoms with van der Waals surface area (Å²) in [5.41, 5.74) is 7.59. The van der Waals surface area contributed by atoms with E-state index in [1.807, 2.05) is 19.1 Å². The quantitative estimate of drug-likeness (QED) is 0.819. The topological polar surface area (TPSA) is 72.2 Å². The monoisotopic (exact) mass is 278 g/mol. The van der Waals surface area contributed by atoms with Crippen molar-refractivity contribution in [1.82, 2.24) is 0 Å². The van der Waals surface area contributed by atoms with Crippen LogP contribution in [0.1, 0.15) is 24.0 Å². The Labute approximate surface area is 114 Å². The molecular weight excluding hydrogens is 260 g/mol. The molecule has 0 radical (unpaired) electrons. The van der Waals surface area contributed by atoms with Gasteiger partial charge in [0.15, 0.2) is 0 Å². The lowest BCUT2D eigenvalue weighted by molar-refractivity contribution is 0.597. The molecule has 2 rings (SSSR count). The smallest absolute Gasteiger partial charge is 0.233 e. The number of sulfonamides is 1. The Balaban J connectivity index is 2.23. The predicted molar refractivity (Wildman–Crippen MR) is 77.2 cm³/mol. The van der Waals surface area contributed by atoms with Crippen molar-refractivity contribution in [2.75, 3.05) is 17.0 Å². The fraction of sp³-hybridized carbons (Fsp3) is 0.429. The minimum atomic E-state index is -3.28. The number of rotatable bonds is 4. The van der Waals surface area contributed by atoms with Crippen molar-refractivity contribution >= 4 is 15.7 Å². The van der Waals surface area contributed by atoms with E-state index < -0.39 is 10.0 Å². The second kappa shape index (κ2) is 5.64. The molecule has 0 atom stereocenters. The molecule has 4 nitrogen and oxygen atoms in total. The molecule has 5 heteroatoms. The molecule has 0 amide bonds. The van der Waals surface area contributed by atoms with Gasteiger partial charge < -0.3 is 5.73 Å². The molecule has 0 aliphatic heterocycles. The van der Waals surface area contributed by atoms with Crippen LogP contribution < -0.4 is 10.5 Å². The van der Waals surface area contributed by atoms with Crippen LogP contribution in [0.25, 0.3) is 0 Å². The molecule has 3 N–H and O–H groups in total. The lowest BCUT2D eigenvalue weighted by Gasteiger charge is -2.10. The highest BCUT2D eigenvalue weighted by Gasteiger charge is 2.28. The third kappa shape index (κ3) is 4.27. The third-order valence-electron chi connectivity index (χ3n) is 2.92. The molecule has 19 heavy (non-hydrogen) atoms. The Morgan fingerprint density at radius 3 is 2.79 bits per heavy atom. The number of hydrogen-bond donors (Lipinski definition) is 2. The van der Waals surface area contributed by atoms with Gasteiger partial charge in [0.1, 0.15) is 0 Å². The first-order valence-electron chi connectivity index (χ1n) is 6.30. The van der Waals surface area contributed by atoms with Crippen molar-refractivity contribution in [3.05, 3.63) is 29.3 Å². The molecule has 0 unspecified atom stereocenters. The zero-order chi connectivity index (χ0) is 13.9. The maximum atomic E-state index is 12.0. The summed E-state index contributed by atoms with van der Waals surface area (Å²) in [6.45, 7) is 2.19. The van der Waals surface area contributed by atoms with Gasteiger partial charge in [0, 0.05) is 5.56 Å². The van der Waals surface area contributed by atoms with Gasteiger partial charge >= 0.3 is 0 Å². The van der Waals surface area contributed by atoms with Crippen LogP contribution in [-0.4, -0.2) is 20.7 Å². The molecule has 1 aromatic carbocycles. The van der Waals surface area contributed by atoms with Gasteiger partial charge in [-0.25, -0.2) is 8.42 Å². The first-order valence-corrected chi connectivity index (χ1v) is 7.95. The Kier molecular flexibility index (Phi) is 4.13. The summed E-state index contributed by atoms with van der Waals surface area (Å²) in [5.74, 6) is 6.18. The summed E-state index contributed by atoms with van der Waals surface area (Å²) < 4.78 is 26.6. The highest BCUT2D eigenvalue weighted by Crippen LogP contribution is 2.31. The van der Waals surface area contributed by atoms with Crippen molar-refractivity contribution in [1.29, 1.82) is 0 Å². The standard InChI is InChI=1S/C14H18N2O2S/c1-11-4-7-14(13(9-11)3-2-8-15)16-19(17,18)10-12-5-6-12/h4,7,9,12,16H,5-6,8,10,15H2,1H3. The fourth-order valence-corrected chi connectivity index (χ4v) is 3.35. The molecular formula is C14H18N2O2S. The van der Waals surface area contributed by atoms with Gasteiger partial charge in [-0.1, -0.05) is 17.9 Å². The van der Waals surface area contributed by atoms with E-state index in [-0.39, 0.29) is 12.3 Å². The summed E-state index contributed by atoms with van der Waals surface area (Å²) in [6, 6.07) is 5.47. The van der Waals surface area contributed by atoms with Crippen molar-refractivity contribution in [2.24, 2.45) is 11.7 Å². The van der Waals surface area contributed by atoms with Crippen molar-refractivity contribution < 1.29 is 8.42 Å². The Bertz CT molecular complexity index is 623. The SMILES string of the molecule is Cc1ccc(NS(=O)(=O)CC2CC2)c(C#CCN)c1. The van der Waals surface area contributed by atoms with Gasteiger partial charge in [0.2, 0.25) is 10.0 Å². The number of hydrogen-bond acceptors (Lipinski definition) is 3. The van der Waals surface area contributed by atoms with Gasteiger partial charge in [-0.15, -0.1) is 0 Å². The first-order chi connectivity index (χ1) is 9.00. The second-order valence-corrected chi connectivity index (χ2v) is 6.65. The molecule has 1 aliphatic carbocycles. The highest BCUT2D eigenvalue weighted by atomic mass is 32.2. The number of benzene rings is 1. The molecule has 1 aromatic rings. The van der Waals surface area contributed by atoms with E-state index in [2.05, 4.69) is 16.6 Å². The molecule has 0 bridgehead atoms. The van der Waals surface area contributed by atoms with Crippen molar-refractivity contribution in [3.63, 3.8) is 0 Å². The molecule has 102 valence electrons. The number of anilines is 1. The molecule has 1 aliphatic rings. The van der Waals surface area contributed by atoms with Crippen LogP contribution >= 0.6 is 0 Å². The van der Waals surface area contributed by atoms with Crippen LogP contribution in [0.3, 0.4) is 0 Å². The van der Waals surface area contributed by atoms with Gasteiger partial charge in [0.05, 0.1) is 18.0 Å². The van der Waals surface area contributed by atoms with E-state index in [9.17, 15) is 8.42 Å². The van der Waals surface area contributed by atoms with Crippen molar-refractivity contribution in [3.8, 4) is 11.8 Å². The molecule has 0 saturated heterocycles. The minimum Gasteiger partial charge on any atom is -0.320 e. The summed E-state index contributed by atoms with van der Waals surface area (Å²) in [4.78, 5) is 0. The summed E-state index contributed by atoms with van der Waals surface area (Å²) in [6.07, 6.45) is 2.02. The lowest BCUT2D eigenvalue weighted by Crippen LogP contribution is -2.18. The van der Waals surface area contributed by atoms with Gasteiger partial charge in [-0.05, 0) is 43.4 Å². The van der Waals surface area contributed by atoms with E-state index in [1.54, 1.807) is 6.07 Å². The van der Waals surface area contributed by atoms with Crippen LogP contribution in [0.15, 0.2) is 18.2 Å². The Hall–Kier alpha value is -1.51. The maximum Gasteiger partial charge on any atom is 0.233 e. The zero-order valence-electron chi connectivity index (χ0n) is 10.9. The predicted octanol–water partition coefficient (Wildman–Crippen LogP) is 1.46. The molecule has 0 heterocycles. The average Bonchev–Trinajstić information content (AvgIpc) is 3.12. The lowest BCUT2D eigenvalue weighted by atomic mass is 10.1. The Morgan fingerprint density at radius 2 is 2.16 bits per heavy atom. The molecule has 0 spiro atoms. The molecule has 1 fully saturated rings. The van der Waals surface area contributed by atoms with E-state index >= 15 is 0 Å². The third-order valence-corrected chi connectivity index (χ3v) is 4.36. The summed E-state index contributed by atoms with van der Waals surface area (Å²) >= 11 is 0. The van der Waals surface area contributed by atoms with E-state index in [0.717, 1.165) is 18.4 Å². The van der Waals surface area contributed by atoms with Gasteiger partial charge in [-0.3, -0.25) is 4.72 Å². The Morgan fingerprint density at radius 1 is 1.42 bits per heavy atom. The van der Waals surface area contributed by atoms with E-state index in [1.165, 1.54) is 0 Å². The van der Waals surface area contributed by atoms with E-state index in [0.29, 0.717) is 17.2 Å².